The van der Waals surface area contributed by atoms with Gasteiger partial charge in [-0.2, -0.15) is 13.2 Å². The molecule has 2 N–H and O–H groups in total. The van der Waals surface area contributed by atoms with Crippen molar-refractivity contribution >= 4 is 0 Å². The van der Waals surface area contributed by atoms with Crippen molar-refractivity contribution < 1.29 is 13.2 Å². The second-order valence-corrected chi connectivity index (χ2v) is 3.94. The quantitative estimate of drug-likeness (QED) is 0.930. The highest BCUT2D eigenvalue weighted by Gasteiger charge is 2.33. The van der Waals surface area contributed by atoms with E-state index in [2.05, 4.69) is 9.97 Å². The van der Waals surface area contributed by atoms with Crippen molar-refractivity contribution in [1.82, 2.24) is 9.97 Å². The van der Waals surface area contributed by atoms with E-state index in [1.54, 1.807) is 6.07 Å². The highest BCUT2D eigenvalue weighted by molar-refractivity contribution is 5.64. The van der Waals surface area contributed by atoms with Crippen LogP contribution in [0.3, 0.4) is 0 Å². The van der Waals surface area contributed by atoms with Crippen LogP contribution < -0.4 is 5.73 Å². The van der Waals surface area contributed by atoms with E-state index >= 15 is 0 Å². The summed E-state index contributed by atoms with van der Waals surface area (Å²) in [6, 6.07) is 6.81. The molecule has 19 heavy (non-hydrogen) atoms. The number of benzene rings is 1. The molecule has 0 spiro atoms. The molecule has 0 amide bonds. The minimum Gasteiger partial charge on any atom is -0.330 e. The van der Waals surface area contributed by atoms with E-state index in [0.717, 1.165) is 6.07 Å². The zero-order chi connectivity index (χ0) is 13.9. The predicted octanol–water partition coefficient (Wildman–Crippen LogP) is 2.66. The van der Waals surface area contributed by atoms with Gasteiger partial charge in [-0.05, 0) is 18.7 Å². The monoisotopic (exact) mass is 267 g/mol. The molecule has 0 aliphatic heterocycles. The molecule has 0 aliphatic rings. The van der Waals surface area contributed by atoms with Crippen molar-refractivity contribution in [2.45, 2.75) is 12.6 Å². The Kier molecular flexibility index (Phi) is 3.80. The lowest BCUT2D eigenvalue weighted by atomic mass is 10.0. The molecule has 1 aromatic carbocycles. The summed E-state index contributed by atoms with van der Waals surface area (Å²) in [5.74, 6) is 0.442. The molecule has 2 aromatic rings. The van der Waals surface area contributed by atoms with Crippen LogP contribution in [0, 0.1) is 0 Å². The molecule has 2 rings (SSSR count). The molecular formula is C13H12F3N3. The number of hydrogen-bond donors (Lipinski definition) is 1. The molecule has 0 unspecified atom stereocenters. The summed E-state index contributed by atoms with van der Waals surface area (Å²) >= 11 is 0. The lowest BCUT2D eigenvalue weighted by Crippen LogP contribution is -2.09. The van der Waals surface area contributed by atoms with Gasteiger partial charge in [0.05, 0.1) is 11.3 Å². The Morgan fingerprint density at radius 2 is 1.84 bits per heavy atom. The Bertz CT molecular complexity index is 567. The molecule has 0 atom stereocenters. The van der Waals surface area contributed by atoms with Gasteiger partial charge < -0.3 is 5.73 Å². The highest BCUT2D eigenvalue weighted by atomic mass is 19.4. The predicted molar refractivity (Wildman–Crippen MR) is 65.2 cm³/mol. The van der Waals surface area contributed by atoms with Crippen LogP contribution in [-0.2, 0) is 12.6 Å². The van der Waals surface area contributed by atoms with E-state index in [-0.39, 0.29) is 11.3 Å². The van der Waals surface area contributed by atoms with Crippen LogP contribution in [0.15, 0.2) is 36.5 Å². The first kappa shape index (κ1) is 13.5. The molecule has 0 saturated carbocycles. The summed E-state index contributed by atoms with van der Waals surface area (Å²) < 4.78 is 38.8. The van der Waals surface area contributed by atoms with Crippen LogP contribution in [0.1, 0.15) is 11.4 Å². The Labute approximate surface area is 108 Å². The highest BCUT2D eigenvalue weighted by Crippen LogP contribution is 2.36. The van der Waals surface area contributed by atoms with Gasteiger partial charge in [0.25, 0.3) is 0 Å². The van der Waals surface area contributed by atoms with Crippen LogP contribution >= 0.6 is 0 Å². The second kappa shape index (κ2) is 5.36. The zero-order valence-electron chi connectivity index (χ0n) is 9.98. The van der Waals surface area contributed by atoms with Crippen LogP contribution in [0.5, 0.6) is 0 Å². The van der Waals surface area contributed by atoms with E-state index in [0.29, 0.717) is 18.8 Å². The van der Waals surface area contributed by atoms with E-state index < -0.39 is 11.7 Å². The van der Waals surface area contributed by atoms with Crippen LogP contribution in [0.2, 0.25) is 0 Å². The molecule has 0 fully saturated rings. The first-order chi connectivity index (χ1) is 9.02. The van der Waals surface area contributed by atoms with Gasteiger partial charge in [-0.15, -0.1) is 0 Å². The van der Waals surface area contributed by atoms with Crippen molar-refractivity contribution in [3.63, 3.8) is 0 Å². The van der Waals surface area contributed by atoms with Crippen LogP contribution in [-0.4, -0.2) is 16.5 Å². The van der Waals surface area contributed by atoms with Gasteiger partial charge in [-0.25, -0.2) is 9.97 Å². The summed E-state index contributed by atoms with van der Waals surface area (Å²) in [6.45, 7) is 0.352. The van der Waals surface area contributed by atoms with Crippen molar-refractivity contribution in [3.8, 4) is 11.3 Å². The maximum Gasteiger partial charge on any atom is 0.417 e. The zero-order valence-corrected chi connectivity index (χ0v) is 9.98. The van der Waals surface area contributed by atoms with Crippen molar-refractivity contribution in [3.05, 3.63) is 47.9 Å². The molecule has 1 aromatic heterocycles. The summed E-state index contributed by atoms with van der Waals surface area (Å²) in [7, 11) is 0. The number of nitrogens with zero attached hydrogens (tertiary/aromatic N) is 2. The molecule has 0 bridgehead atoms. The van der Waals surface area contributed by atoms with Gasteiger partial charge in [0.1, 0.15) is 5.82 Å². The molecule has 100 valence electrons. The average Bonchev–Trinajstić information content (AvgIpc) is 2.38. The van der Waals surface area contributed by atoms with E-state index in [1.807, 2.05) is 0 Å². The first-order valence-electron chi connectivity index (χ1n) is 5.71. The van der Waals surface area contributed by atoms with Crippen molar-refractivity contribution in [2.24, 2.45) is 5.73 Å². The fraction of sp³-hybridized carbons (Fsp3) is 0.231. The SMILES string of the molecule is NCCc1nccc(-c2ccccc2C(F)(F)F)n1. The number of rotatable bonds is 3. The molecule has 0 saturated heterocycles. The van der Waals surface area contributed by atoms with Gasteiger partial charge in [0.2, 0.25) is 0 Å². The maximum atomic E-state index is 12.9. The van der Waals surface area contributed by atoms with E-state index in [4.69, 9.17) is 5.73 Å². The number of nitrogens with two attached hydrogens (primary N) is 1. The number of hydrogen-bond acceptors (Lipinski definition) is 3. The standard InChI is InChI=1S/C13H12F3N3/c14-13(15,16)10-4-2-1-3-9(10)11-6-8-18-12(19-11)5-7-17/h1-4,6,8H,5,7,17H2. The molecule has 1 heterocycles. The smallest absolute Gasteiger partial charge is 0.330 e. The minimum atomic E-state index is -4.41. The van der Waals surface area contributed by atoms with Gasteiger partial charge in [-0.3, -0.25) is 0 Å². The Morgan fingerprint density at radius 3 is 2.53 bits per heavy atom. The largest absolute Gasteiger partial charge is 0.417 e. The van der Waals surface area contributed by atoms with Gasteiger partial charge in [0, 0.05) is 18.2 Å². The molecular weight excluding hydrogens is 255 g/mol. The van der Waals surface area contributed by atoms with Crippen LogP contribution in [0.25, 0.3) is 11.3 Å². The van der Waals surface area contributed by atoms with E-state index in [1.165, 1.54) is 24.4 Å². The third-order valence-electron chi connectivity index (χ3n) is 2.58. The van der Waals surface area contributed by atoms with Crippen molar-refractivity contribution in [1.29, 1.82) is 0 Å². The summed E-state index contributed by atoms with van der Waals surface area (Å²) in [5.41, 5.74) is 4.99. The topological polar surface area (TPSA) is 51.8 Å². The fourth-order valence-corrected chi connectivity index (χ4v) is 1.75. The first-order valence-corrected chi connectivity index (χ1v) is 5.71. The maximum absolute atomic E-state index is 12.9. The molecule has 3 nitrogen and oxygen atoms in total. The number of halogens is 3. The Hall–Kier alpha value is -1.95. The normalized spacial score (nSPS) is 11.6. The van der Waals surface area contributed by atoms with Crippen molar-refractivity contribution in [2.75, 3.05) is 6.54 Å². The summed E-state index contributed by atoms with van der Waals surface area (Å²) in [6.07, 6.45) is -2.53. The third kappa shape index (κ3) is 3.08. The second-order valence-electron chi connectivity index (χ2n) is 3.94. The summed E-state index contributed by atoms with van der Waals surface area (Å²) in [5, 5.41) is 0. The lowest BCUT2D eigenvalue weighted by Gasteiger charge is -2.12. The lowest BCUT2D eigenvalue weighted by molar-refractivity contribution is -0.137. The molecule has 0 radical (unpaired) electrons. The minimum absolute atomic E-state index is 0.0515. The number of alkyl halides is 3. The summed E-state index contributed by atoms with van der Waals surface area (Å²) in [4.78, 5) is 8.09. The molecule has 0 aliphatic carbocycles. The number of aromatic nitrogens is 2. The molecule has 6 heteroatoms. The van der Waals surface area contributed by atoms with Gasteiger partial charge in [0.15, 0.2) is 0 Å². The van der Waals surface area contributed by atoms with Gasteiger partial charge >= 0.3 is 6.18 Å². The Balaban J connectivity index is 2.50. The van der Waals surface area contributed by atoms with Gasteiger partial charge in [-0.1, -0.05) is 18.2 Å². The fourth-order valence-electron chi connectivity index (χ4n) is 1.75. The van der Waals surface area contributed by atoms with Crippen LogP contribution in [0.4, 0.5) is 13.2 Å². The average molecular weight is 267 g/mol. The third-order valence-corrected chi connectivity index (χ3v) is 2.58. The van der Waals surface area contributed by atoms with E-state index in [9.17, 15) is 13.2 Å². The Morgan fingerprint density at radius 1 is 1.11 bits per heavy atom.